The first-order valence-electron chi connectivity index (χ1n) is 9.16. The van der Waals surface area contributed by atoms with Crippen molar-refractivity contribution >= 4 is 5.91 Å². The van der Waals surface area contributed by atoms with E-state index in [1.807, 2.05) is 11.0 Å². The summed E-state index contributed by atoms with van der Waals surface area (Å²) in [7, 11) is 0. The maximum Gasteiger partial charge on any atom is 0.225 e. The lowest BCUT2D eigenvalue weighted by Gasteiger charge is -2.41. The molecule has 1 amide bonds. The summed E-state index contributed by atoms with van der Waals surface area (Å²) in [6, 6.07) is 7.04. The average Bonchev–Trinajstić information content (AvgIpc) is 2.99. The van der Waals surface area contributed by atoms with Gasteiger partial charge in [-0.3, -0.25) is 9.69 Å². The number of nitrogens with zero attached hydrogens (tertiary/aromatic N) is 2. The monoisotopic (exact) mass is 348 g/mol. The fourth-order valence-electron chi connectivity index (χ4n) is 4.19. The Kier molecular flexibility index (Phi) is 4.75. The van der Waals surface area contributed by atoms with Crippen LogP contribution in [0.25, 0.3) is 0 Å². The Labute approximate surface area is 147 Å². The lowest BCUT2D eigenvalue weighted by molar-refractivity contribution is -0.144. The number of carbonyl (C=O) groups excluding carboxylic acids is 1. The van der Waals surface area contributed by atoms with E-state index in [1.165, 1.54) is 6.07 Å². The number of carbonyl (C=O) groups is 1. The third kappa shape index (κ3) is 3.57. The minimum atomic E-state index is -0.294. The quantitative estimate of drug-likeness (QED) is 0.894. The normalized spacial score (nSPS) is 32.3. The third-order valence-electron chi connectivity index (χ3n) is 5.78. The Morgan fingerprint density at radius 1 is 1.20 bits per heavy atom. The molecule has 1 aliphatic carbocycles. The van der Waals surface area contributed by atoms with Crippen LogP contribution in [0.1, 0.15) is 24.8 Å². The van der Waals surface area contributed by atoms with E-state index < -0.39 is 0 Å². The Morgan fingerprint density at radius 3 is 2.76 bits per heavy atom. The van der Waals surface area contributed by atoms with Crippen molar-refractivity contribution in [1.82, 2.24) is 9.80 Å². The van der Waals surface area contributed by atoms with Crippen LogP contribution in [0.5, 0.6) is 0 Å². The van der Waals surface area contributed by atoms with E-state index in [0.717, 1.165) is 32.6 Å². The van der Waals surface area contributed by atoms with E-state index in [9.17, 15) is 14.3 Å². The molecule has 1 aromatic carbocycles. The number of fused-ring (bicyclic) bond motifs is 1. The van der Waals surface area contributed by atoms with Crippen molar-refractivity contribution in [3.63, 3.8) is 0 Å². The highest BCUT2D eigenvalue weighted by Gasteiger charge is 2.41. The van der Waals surface area contributed by atoms with Crippen molar-refractivity contribution in [2.45, 2.75) is 44.1 Å². The molecule has 2 heterocycles. The summed E-state index contributed by atoms with van der Waals surface area (Å²) in [5, 5.41) is 9.40. The maximum absolute atomic E-state index is 13.7. The molecule has 5 nitrogen and oxygen atoms in total. The highest BCUT2D eigenvalue weighted by atomic mass is 19.1. The molecule has 1 aromatic rings. The minimum Gasteiger partial charge on any atom is -0.393 e. The van der Waals surface area contributed by atoms with Crippen LogP contribution in [-0.4, -0.2) is 65.2 Å². The Morgan fingerprint density at radius 2 is 2.00 bits per heavy atom. The summed E-state index contributed by atoms with van der Waals surface area (Å²) < 4.78 is 19.6. The molecule has 4 rings (SSSR count). The number of rotatable bonds is 4. The van der Waals surface area contributed by atoms with Gasteiger partial charge in [-0.05, 0) is 25.3 Å². The SMILES string of the molecule is O=C(C1CC(O)C1)N1CCN2CC(OCc3ccccc3F)CC2C1. The highest BCUT2D eigenvalue weighted by molar-refractivity contribution is 5.80. The first-order chi connectivity index (χ1) is 12.1. The van der Waals surface area contributed by atoms with E-state index in [2.05, 4.69) is 4.90 Å². The topological polar surface area (TPSA) is 53.0 Å². The Balaban J connectivity index is 1.28. The number of amides is 1. The van der Waals surface area contributed by atoms with Crippen LogP contribution in [0.15, 0.2) is 24.3 Å². The zero-order valence-corrected chi connectivity index (χ0v) is 14.3. The third-order valence-corrected chi connectivity index (χ3v) is 5.78. The molecular weight excluding hydrogens is 323 g/mol. The van der Waals surface area contributed by atoms with E-state index >= 15 is 0 Å². The number of halogens is 1. The van der Waals surface area contributed by atoms with Gasteiger partial charge in [0, 0.05) is 43.7 Å². The van der Waals surface area contributed by atoms with E-state index in [4.69, 9.17) is 4.74 Å². The average molecular weight is 348 g/mol. The van der Waals surface area contributed by atoms with Gasteiger partial charge >= 0.3 is 0 Å². The second-order valence-electron chi connectivity index (χ2n) is 7.52. The van der Waals surface area contributed by atoms with Crippen LogP contribution in [0.3, 0.4) is 0 Å². The zero-order valence-electron chi connectivity index (χ0n) is 14.3. The number of ether oxygens (including phenoxy) is 1. The molecule has 2 atom stereocenters. The summed E-state index contributed by atoms with van der Waals surface area (Å²) in [6.07, 6.45) is 1.89. The van der Waals surface area contributed by atoms with Crippen molar-refractivity contribution in [3.8, 4) is 0 Å². The van der Waals surface area contributed by atoms with E-state index in [-0.39, 0.29) is 29.9 Å². The Hall–Kier alpha value is -1.50. The summed E-state index contributed by atoms with van der Waals surface area (Å²) in [4.78, 5) is 16.8. The molecule has 0 radical (unpaired) electrons. The zero-order chi connectivity index (χ0) is 17.4. The van der Waals surface area contributed by atoms with Gasteiger partial charge in [-0.15, -0.1) is 0 Å². The van der Waals surface area contributed by atoms with Crippen LogP contribution in [0, 0.1) is 11.7 Å². The van der Waals surface area contributed by atoms with Crippen LogP contribution in [-0.2, 0) is 16.1 Å². The summed E-state index contributed by atoms with van der Waals surface area (Å²) in [5.74, 6) is -0.0191. The number of aliphatic hydroxyl groups is 1. The Bertz CT molecular complexity index is 635. The van der Waals surface area contributed by atoms with Gasteiger partial charge in [0.25, 0.3) is 0 Å². The molecule has 0 aromatic heterocycles. The molecule has 1 N–H and O–H groups in total. The lowest BCUT2D eigenvalue weighted by Crippen LogP contribution is -2.55. The molecule has 2 aliphatic heterocycles. The molecule has 0 spiro atoms. The summed E-state index contributed by atoms with van der Waals surface area (Å²) in [5.41, 5.74) is 0.590. The van der Waals surface area contributed by atoms with Gasteiger partial charge in [-0.25, -0.2) is 4.39 Å². The van der Waals surface area contributed by atoms with Crippen LogP contribution >= 0.6 is 0 Å². The first kappa shape index (κ1) is 16.9. The number of hydrogen-bond donors (Lipinski definition) is 1. The van der Waals surface area contributed by atoms with E-state index in [0.29, 0.717) is 31.1 Å². The molecule has 3 aliphatic rings. The van der Waals surface area contributed by atoms with Gasteiger partial charge in [0.15, 0.2) is 0 Å². The molecule has 1 saturated carbocycles. The molecule has 6 heteroatoms. The van der Waals surface area contributed by atoms with Gasteiger partial charge in [-0.1, -0.05) is 18.2 Å². The van der Waals surface area contributed by atoms with Gasteiger partial charge in [-0.2, -0.15) is 0 Å². The van der Waals surface area contributed by atoms with Crippen molar-refractivity contribution in [2.24, 2.45) is 5.92 Å². The van der Waals surface area contributed by atoms with Crippen LogP contribution in [0.2, 0.25) is 0 Å². The molecule has 3 fully saturated rings. The second-order valence-corrected chi connectivity index (χ2v) is 7.52. The second kappa shape index (κ2) is 7.02. The fourth-order valence-corrected chi connectivity index (χ4v) is 4.19. The van der Waals surface area contributed by atoms with Crippen molar-refractivity contribution < 1.29 is 19.0 Å². The van der Waals surface area contributed by atoms with E-state index in [1.54, 1.807) is 12.1 Å². The smallest absolute Gasteiger partial charge is 0.225 e. The van der Waals surface area contributed by atoms with Crippen LogP contribution in [0.4, 0.5) is 4.39 Å². The highest BCUT2D eigenvalue weighted by Crippen LogP contribution is 2.31. The summed E-state index contributed by atoms with van der Waals surface area (Å²) in [6.45, 7) is 3.50. The first-order valence-corrected chi connectivity index (χ1v) is 9.16. The van der Waals surface area contributed by atoms with Gasteiger partial charge in [0.05, 0.1) is 18.8 Å². The van der Waals surface area contributed by atoms with Gasteiger partial charge < -0.3 is 14.7 Å². The number of piperazine rings is 1. The number of hydrogen-bond acceptors (Lipinski definition) is 4. The molecule has 2 saturated heterocycles. The predicted molar refractivity (Wildman–Crippen MR) is 90.3 cm³/mol. The molecule has 0 bridgehead atoms. The summed E-state index contributed by atoms with van der Waals surface area (Å²) >= 11 is 0. The lowest BCUT2D eigenvalue weighted by atomic mass is 9.81. The predicted octanol–water partition coefficient (Wildman–Crippen LogP) is 1.40. The minimum absolute atomic E-state index is 0.0102. The van der Waals surface area contributed by atoms with Crippen molar-refractivity contribution in [1.29, 1.82) is 0 Å². The molecule has 2 unspecified atom stereocenters. The maximum atomic E-state index is 13.7. The van der Waals surface area contributed by atoms with Crippen molar-refractivity contribution in [3.05, 3.63) is 35.6 Å². The molecule has 136 valence electrons. The fraction of sp³-hybridized carbons (Fsp3) is 0.632. The van der Waals surface area contributed by atoms with Gasteiger partial charge in [0.2, 0.25) is 5.91 Å². The standard InChI is InChI=1S/C19H25FN2O3/c20-18-4-2-1-3-13(18)12-25-17-9-15-10-22(6-5-21(15)11-17)19(24)14-7-16(23)8-14/h1-4,14-17,23H,5-12H2. The largest absolute Gasteiger partial charge is 0.393 e. The number of aliphatic hydroxyl groups excluding tert-OH is 1. The van der Waals surface area contributed by atoms with Crippen LogP contribution < -0.4 is 0 Å². The van der Waals surface area contributed by atoms with Gasteiger partial charge in [0.1, 0.15) is 5.82 Å². The molecule has 25 heavy (non-hydrogen) atoms. The van der Waals surface area contributed by atoms with Crippen molar-refractivity contribution in [2.75, 3.05) is 26.2 Å². The number of benzene rings is 1. The molecular formula is C19H25FN2O3.